The van der Waals surface area contributed by atoms with Crippen LogP contribution in [0.3, 0.4) is 0 Å². The van der Waals surface area contributed by atoms with Gasteiger partial charge in [-0.25, -0.2) is 8.42 Å². The fraction of sp³-hybridized carbons (Fsp3) is 0.571. The zero-order chi connectivity index (χ0) is 15.1. The third kappa shape index (κ3) is 2.87. The molecule has 1 aliphatic rings. The van der Waals surface area contributed by atoms with Crippen molar-refractivity contribution >= 4 is 31.6 Å². The number of rotatable bonds is 2. The number of benzene rings is 1. The summed E-state index contributed by atoms with van der Waals surface area (Å²) in [5.41, 5.74) is 6.23. The van der Waals surface area contributed by atoms with Gasteiger partial charge in [-0.3, -0.25) is 0 Å². The van der Waals surface area contributed by atoms with Crippen molar-refractivity contribution in [2.75, 3.05) is 12.3 Å². The summed E-state index contributed by atoms with van der Waals surface area (Å²) in [6, 6.07) is 4.85. The van der Waals surface area contributed by atoms with E-state index in [2.05, 4.69) is 29.8 Å². The minimum atomic E-state index is -3.49. The van der Waals surface area contributed by atoms with Gasteiger partial charge in [-0.2, -0.15) is 4.31 Å². The van der Waals surface area contributed by atoms with Gasteiger partial charge in [0.15, 0.2) is 0 Å². The van der Waals surface area contributed by atoms with E-state index >= 15 is 0 Å². The van der Waals surface area contributed by atoms with Crippen LogP contribution in [0.15, 0.2) is 27.6 Å². The SMILES string of the molecule is CC1CC(C)C(C)N(S(=O)(=O)c2ccc(N)cc2Br)C1. The molecule has 0 aliphatic carbocycles. The highest BCUT2D eigenvalue weighted by Gasteiger charge is 2.37. The van der Waals surface area contributed by atoms with Gasteiger partial charge in [0, 0.05) is 22.7 Å². The molecule has 0 bridgehead atoms. The normalized spacial score (nSPS) is 28.5. The largest absolute Gasteiger partial charge is 0.399 e. The zero-order valence-corrected chi connectivity index (χ0v) is 14.4. The monoisotopic (exact) mass is 360 g/mol. The van der Waals surface area contributed by atoms with Crippen molar-refractivity contribution in [3.63, 3.8) is 0 Å². The van der Waals surface area contributed by atoms with E-state index in [1.807, 2.05) is 6.92 Å². The van der Waals surface area contributed by atoms with Crippen molar-refractivity contribution in [2.24, 2.45) is 11.8 Å². The van der Waals surface area contributed by atoms with E-state index in [9.17, 15) is 8.42 Å². The van der Waals surface area contributed by atoms with Gasteiger partial charge in [-0.1, -0.05) is 13.8 Å². The summed E-state index contributed by atoms with van der Waals surface area (Å²) >= 11 is 3.31. The molecule has 1 fully saturated rings. The van der Waals surface area contributed by atoms with E-state index in [0.29, 0.717) is 33.4 Å². The van der Waals surface area contributed by atoms with Crippen LogP contribution in [0.2, 0.25) is 0 Å². The molecule has 20 heavy (non-hydrogen) atoms. The number of hydrogen-bond acceptors (Lipinski definition) is 3. The molecule has 2 N–H and O–H groups in total. The Labute approximate surface area is 129 Å². The van der Waals surface area contributed by atoms with Crippen LogP contribution in [0.5, 0.6) is 0 Å². The van der Waals surface area contributed by atoms with Crippen LogP contribution in [0.1, 0.15) is 27.2 Å². The van der Waals surface area contributed by atoms with Crippen molar-refractivity contribution in [3.8, 4) is 0 Å². The second kappa shape index (κ2) is 5.66. The minimum Gasteiger partial charge on any atom is -0.399 e. The van der Waals surface area contributed by atoms with E-state index < -0.39 is 10.0 Å². The van der Waals surface area contributed by atoms with Gasteiger partial charge < -0.3 is 5.73 Å². The molecule has 4 nitrogen and oxygen atoms in total. The molecule has 0 amide bonds. The lowest BCUT2D eigenvalue weighted by molar-refractivity contribution is 0.157. The lowest BCUT2D eigenvalue weighted by atomic mass is 9.88. The first-order valence-corrected chi connectivity index (χ1v) is 9.03. The molecule has 1 aromatic carbocycles. The number of sulfonamides is 1. The number of nitrogen functional groups attached to an aromatic ring is 1. The van der Waals surface area contributed by atoms with Crippen LogP contribution in [0, 0.1) is 11.8 Å². The molecular weight excluding hydrogens is 340 g/mol. The number of anilines is 1. The van der Waals surface area contributed by atoms with Gasteiger partial charge in [-0.05, 0) is 59.3 Å². The Balaban J connectivity index is 2.43. The Morgan fingerprint density at radius 3 is 2.55 bits per heavy atom. The first kappa shape index (κ1) is 15.8. The van der Waals surface area contributed by atoms with E-state index in [1.165, 1.54) is 0 Å². The maximum Gasteiger partial charge on any atom is 0.244 e. The fourth-order valence-corrected chi connectivity index (χ4v) is 5.74. The molecule has 0 radical (unpaired) electrons. The van der Waals surface area contributed by atoms with Crippen molar-refractivity contribution in [2.45, 2.75) is 38.1 Å². The summed E-state index contributed by atoms with van der Waals surface area (Å²) in [4.78, 5) is 0.292. The van der Waals surface area contributed by atoms with Gasteiger partial charge in [0.1, 0.15) is 0 Å². The van der Waals surface area contributed by atoms with E-state index in [-0.39, 0.29) is 6.04 Å². The van der Waals surface area contributed by atoms with Crippen LogP contribution in [-0.2, 0) is 10.0 Å². The average Bonchev–Trinajstić information content (AvgIpc) is 2.33. The molecule has 3 unspecified atom stereocenters. The van der Waals surface area contributed by atoms with Crippen LogP contribution in [-0.4, -0.2) is 25.3 Å². The van der Waals surface area contributed by atoms with E-state index in [1.54, 1.807) is 22.5 Å². The molecule has 3 atom stereocenters. The van der Waals surface area contributed by atoms with Crippen LogP contribution < -0.4 is 5.73 Å². The van der Waals surface area contributed by atoms with Gasteiger partial charge in [0.25, 0.3) is 0 Å². The Morgan fingerprint density at radius 1 is 1.30 bits per heavy atom. The summed E-state index contributed by atoms with van der Waals surface area (Å²) in [6.07, 6.45) is 1.07. The molecule has 112 valence electrons. The molecule has 1 heterocycles. The maximum atomic E-state index is 12.9. The maximum absolute atomic E-state index is 12.9. The summed E-state index contributed by atoms with van der Waals surface area (Å²) in [5, 5.41) is 0. The number of hydrogen-bond donors (Lipinski definition) is 1. The second-order valence-corrected chi connectivity index (χ2v) is 8.54. The molecular formula is C14H21BrN2O2S. The molecule has 1 saturated heterocycles. The summed E-state index contributed by atoms with van der Waals surface area (Å²) in [6.45, 7) is 6.77. The van der Waals surface area contributed by atoms with E-state index in [4.69, 9.17) is 5.73 Å². The molecule has 0 saturated carbocycles. The lowest BCUT2D eigenvalue weighted by Gasteiger charge is -2.40. The summed E-state index contributed by atoms with van der Waals surface area (Å²) in [7, 11) is -3.49. The topological polar surface area (TPSA) is 63.4 Å². The van der Waals surface area contributed by atoms with E-state index in [0.717, 1.165) is 6.42 Å². The highest BCUT2D eigenvalue weighted by molar-refractivity contribution is 9.10. The van der Waals surface area contributed by atoms with Gasteiger partial charge in [-0.15, -0.1) is 0 Å². The van der Waals surface area contributed by atoms with Crippen molar-refractivity contribution in [1.82, 2.24) is 4.31 Å². The Kier molecular flexibility index (Phi) is 4.47. The first-order valence-electron chi connectivity index (χ1n) is 6.80. The second-order valence-electron chi connectivity index (χ2n) is 5.82. The number of nitrogens with zero attached hydrogens (tertiary/aromatic N) is 1. The van der Waals surface area contributed by atoms with Crippen molar-refractivity contribution in [3.05, 3.63) is 22.7 Å². The predicted octanol–water partition coefficient (Wildman–Crippen LogP) is 3.09. The third-order valence-corrected chi connectivity index (χ3v) is 7.02. The molecule has 2 rings (SSSR count). The van der Waals surface area contributed by atoms with Crippen molar-refractivity contribution < 1.29 is 8.42 Å². The van der Waals surface area contributed by atoms with Crippen LogP contribution in [0.25, 0.3) is 0 Å². The van der Waals surface area contributed by atoms with Gasteiger partial charge >= 0.3 is 0 Å². The standard InChI is InChI=1S/C14H21BrN2O2S/c1-9-6-10(2)11(3)17(8-9)20(18,19)14-5-4-12(16)7-13(14)15/h4-5,7,9-11H,6,8,16H2,1-3H3. The number of piperidine rings is 1. The highest BCUT2D eigenvalue weighted by Crippen LogP contribution is 2.34. The fourth-order valence-electron chi connectivity index (χ4n) is 2.83. The molecule has 1 aliphatic heterocycles. The van der Waals surface area contributed by atoms with Crippen LogP contribution in [0.4, 0.5) is 5.69 Å². The zero-order valence-electron chi connectivity index (χ0n) is 12.0. The quantitative estimate of drug-likeness (QED) is 0.824. The Morgan fingerprint density at radius 2 is 1.95 bits per heavy atom. The summed E-state index contributed by atoms with van der Waals surface area (Å²) < 4.78 is 27.9. The van der Waals surface area contributed by atoms with Crippen molar-refractivity contribution in [1.29, 1.82) is 0 Å². The number of nitrogens with two attached hydrogens (primary N) is 1. The predicted molar refractivity (Wildman–Crippen MR) is 84.9 cm³/mol. The minimum absolute atomic E-state index is 0.0145. The molecule has 0 aromatic heterocycles. The first-order chi connectivity index (χ1) is 9.23. The molecule has 1 aromatic rings. The molecule has 0 spiro atoms. The van der Waals surface area contributed by atoms with Gasteiger partial charge in [0.2, 0.25) is 10.0 Å². The third-order valence-electron chi connectivity index (χ3n) is 4.09. The average molecular weight is 361 g/mol. The highest BCUT2D eigenvalue weighted by atomic mass is 79.9. The lowest BCUT2D eigenvalue weighted by Crippen LogP contribution is -2.48. The Bertz CT molecular complexity index is 603. The van der Waals surface area contributed by atoms with Gasteiger partial charge in [0.05, 0.1) is 4.90 Å². The molecule has 6 heteroatoms. The smallest absolute Gasteiger partial charge is 0.244 e. The Hall–Kier alpha value is -0.590. The number of halogens is 1. The summed E-state index contributed by atoms with van der Waals surface area (Å²) in [5.74, 6) is 0.740. The van der Waals surface area contributed by atoms with Crippen LogP contribution >= 0.6 is 15.9 Å².